The van der Waals surface area contributed by atoms with Crippen molar-refractivity contribution in [2.45, 2.75) is 6.54 Å². The molecule has 0 amide bonds. The van der Waals surface area contributed by atoms with E-state index >= 15 is 0 Å². The van der Waals surface area contributed by atoms with Gasteiger partial charge in [0.25, 0.3) is 0 Å². The van der Waals surface area contributed by atoms with Gasteiger partial charge in [0.15, 0.2) is 0 Å². The maximum atomic E-state index is 10.0. The number of aromatic amines is 1. The Morgan fingerprint density at radius 2 is 1.59 bits per heavy atom. The summed E-state index contributed by atoms with van der Waals surface area (Å²) in [5.74, 6) is -0.182. The van der Waals surface area contributed by atoms with Crippen LogP contribution in [0.1, 0.15) is 5.56 Å². The minimum absolute atomic E-state index is 0.0766. The van der Waals surface area contributed by atoms with Gasteiger partial charge in [-0.1, -0.05) is 48.5 Å². The Hall–Kier alpha value is -3.08. The summed E-state index contributed by atoms with van der Waals surface area (Å²) in [5.41, 5.74) is 9.30. The van der Waals surface area contributed by atoms with E-state index in [-0.39, 0.29) is 11.8 Å². The first kappa shape index (κ1) is 13.9. The fraction of sp³-hybridized carbons (Fsp3) is 0.0588. The monoisotopic (exact) mass is 295 g/mol. The smallest absolute Gasteiger partial charge is 0.216 e. The number of hydrogen-bond donors (Lipinski definition) is 5. The highest BCUT2D eigenvalue weighted by atomic mass is 16.3. The van der Waals surface area contributed by atoms with Crippen LogP contribution in [0.4, 0.5) is 11.4 Å². The van der Waals surface area contributed by atoms with E-state index in [0.717, 1.165) is 11.1 Å². The van der Waals surface area contributed by atoms with Gasteiger partial charge in [-0.3, -0.25) is 4.98 Å². The van der Waals surface area contributed by atoms with Crippen molar-refractivity contribution in [3.05, 3.63) is 60.2 Å². The van der Waals surface area contributed by atoms with Crippen molar-refractivity contribution < 1.29 is 10.2 Å². The van der Waals surface area contributed by atoms with E-state index in [0.29, 0.717) is 23.5 Å². The van der Waals surface area contributed by atoms with Crippen molar-refractivity contribution in [1.29, 1.82) is 0 Å². The molecule has 22 heavy (non-hydrogen) atoms. The Bertz CT molecular complexity index is 782. The Labute approximate surface area is 128 Å². The molecule has 0 bridgehead atoms. The molecule has 3 rings (SSSR count). The first-order valence-corrected chi connectivity index (χ1v) is 6.93. The fourth-order valence-corrected chi connectivity index (χ4v) is 2.41. The maximum Gasteiger partial charge on any atom is 0.216 e. The summed E-state index contributed by atoms with van der Waals surface area (Å²) >= 11 is 0. The lowest BCUT2D eigenvalue weighted by Crippen LogP contribution is -2.03. The standard InChI is InChI=1S/C17H17N3O2/c18-13-9-5-4-8-12(13)10-19-15-14(16(21)20-17(15)22)11-6-2-1-3-7-11/h1-9,19-22H,10,18H2. The number of benzene rings is 2. The highest BCUT2D eigenvalue weighted by Crippen LogP contribution is 2.42. The van der Waals surface area contributed by atoms with Gasteiger partial charge >= 0.3 is 0 Å². The third-order valence-corrected chi connectivity index (χ3v) is 3.53. The van der Waals surface area contributed by atoms with Crippen molar-refractivity contribution in [3.8, 4) is 22.9 Å². The average molecular weight is 295 g/mol. The third-order valence-electron chi connectivity index (χ3n) is 3.53. The number of anilines is 2. The maximum absolute atomic E-state index is 10.0. The van der Waals surface area contributed by atoms with Crippen LogP contribution < -0.4 is 11.1 Å². The Morgan fingerprint density at radius 3 is 2.32 bits per heavy atom. The zero-order valence-corrected chi connectivity index (χ0v) is 11.9. The zero-order chi connectivity index (χ0) is 15.5. The summed E-state index contributed by atoms with van der Waals surface area (Å²) < 4.78 is 0. The van der Waals surface area contributed by atoms with E-state index < -0.39 is 0 Å². The van der Waals surface area contributed by atoms with Gasteiger partial charge in [-0.2, -0.15) is 0 Å². The van der Waals surface area contributed by atoms with E-state index in [1.54, 1.807) is 0 Å². The van der Waals surface area contributed by atoms with Crippen molar-refractivity contribution in [1.82, 2.24) is 4.98 Å². The second kappa shape index (κ2) is 5.73. The third kappa shape index (κ3) is 2.56. The summed E-state index contributed by atoms with van der Waals surface area (Å²) in [6.45, 7) is 0.442. The molecule has 3 aromatic rings. The van der Waals surface area contributed by atoms with Crippen molar-refractivity contribution in [2.75, 3.05) is 11.1 Å². The van der Waals surface area contributed by atoms with Crippen molar-refractivity contribution >= 4 is 11.4 Å². The second-order valence-corrected chi connectivity index (χ2v) is 4.99. The number of H-pyrrole nitrogens is 1. The Morgan fingerprint density at radius 1 is 0.909 bits per heavy atom. The molecule has 0 saturated carbocycles. The molecule has 0 atom stereocenters. The molecule has 0 radical (unpaired) electrons. The summed E-state index contributed by atoms with van der Waals surface area (Å²) in [6, 6.07) is 16.9. The largest absolute Gasteiger partial charge is 0.494 e. The van der Waals surface area contributed by atoms with Gasteiger partial charge in [0.05, 0.1) is 5.56 Å². The van der Waals surface area contributed by atoms with E-state index in [9.17, 15) is 10.2 Å². The Kier molecular flexibility index (Phi) is 3.62. The summed E-state index contributed by atoms with van der Waals surface area (Å²) in [6.07, 6.45) is 0. The molecule has 5 heteroatoms. The predicted molar refractivity (Wildman–Crippen MR) is 87.7 cm³/mol. The van der Waals surface area contributed by atoms with Crippen LogP contribution in [0.25, 0.3) is 11.1 Å². The van der Waals surface area contributed by atoms with Crippen LogP contribution in [-0.4, -0.2) is 15.2 Å². The number of nitrogen functional groups attached to an aromatic ring is 1. The van der Waals surface area contributed by atoms with Crippen molar-refractivity contribution in [2.24, 2.45) is 0 Å². The van der Waals surface area contributed by atoms with Gasteiger partial charge in [0.1, 0.15) is 5.69 Å². The second-order valence-electron chi connectivity index (χ2n) is 4.99. The lowest BCUT2D eigenvalue weighted by Gasteiger charge is -2.10. The van der Waals surface area contributed by atoms with E-state index in [1.165, 1.54) is 0 Å². The summed E-state index contributed by atoms with van der Waals surface area (Å²) in [4.78, 5) is 2.54. The zero-order valence-electron chi connectivity index (χ0n) is 11.9. The molecule has 0 spiro atoms. The first-order valence-electron chi connectivity index (χ1n) is 6.93. The quantitative estimate of drug-likeness (QED) is 0.477. The van der Waals surface area contributed by atoms with Crippen LogP contribution in [0, 0.1) is 0 Å². The molecule has 112 valence electrons. The number of nitrogens with two attached hydrogens (primary N) is 1. The van der Waals surface area contributed by atoms with Gasteiger partial charge in [-0.05, 0) is 17.2 Å². The molecule has 0 fully saturated rings. The van der Waals surface area contributed by atoms with Crippen LogP contribution in [0.15, 0.2) is 54.6 Å². The molecule has 6 N–H and O–H groups in total. The molecule has 0 unspecified atom stereocenters. The topological polar surface area (TPSA) is 94.3 Å². The molecular weight excluding hydrogens is 278 g/mol. The number of para-hydroxylation sites is 1. The van der Waals surface area contributed by atoms with E-state index in [1.807, 2.05) is 54.6 Å². The van der Waals surface area contributed by atoms with E-state index in [4.69, 9.17) is 5.73 Å². The minimum Gasteiger partial charge on any atom is -0.494 e. The van der Waals surface area contributed by atoms with Gasteiger partial charge in [0, 0.05) is 12.2 Å². The number of hydrogen-bond acceptors (Lipinski definition) is 4. The van der Waals surface area contributed by atoms with Crippen LogP contribution in [0.2, 0.25) is 0 Å². The number of aromatic nitrogens is 1. The lowest BCUT2D eigenvalue weighted by molar-refractivity contribution is 0.426. The van der Waals surface area contributed by atoms with Crippen LogP contribution in [0.3, 0.4) is 0 Å². The summed E-state index contributed by atoms with van der Waals surface area (Å²) in [7, 11) is 0. The van der Waals surface area contributed by atoms with Gasteiger partial charge in [-0.15, -0.1) is 0 Å². The molecule has 1 heterocycles. The van der Waals surface area contributed by atoms with Crippen molar-refractivity contribution in [3.63, 3.8) is 0 Å². The van der Waals surface area contributed by atoms with Crippen LogP contribution in [0.5, 0.6) is 11.8 Å². The number of aromatic hydroxyl groups is 2. The summed E-state index contributed by atoms with van der Waals surface area (Å²) in [5, 5.41) is 23.2. The van der Waals surface area contributed by atoms with Crippen LogP contribution >= 0.6 is 0 Å². The highest BCUT2D eigenvalue weighted by Gasteiger charge is 2.18. The Balaban J connectivity index is 1.93. The average Bonchev–Trinajstić information content (AvgIpc) is 2.81. The first-order chi connectivity index (χ1) is 10.7. The molecule has 0 saturated heterocycles. The minimum atomic E-state index is -0.106. The molecule has 0 aliphatic heterocycles. The van der Waals surface area contributed by atoms with Gasteiger partial charge < -0.3 is 21.3 Å². The molecule has 5 nitrogen and oxygen atoms in total. The lowest BCUT2D eigenvalue weighted by atomic mass is 10.1. The number of rotatable bonds is 4. The van der Waals surface area contributed by atoms with Gasteiger partial charge in [0.2, 0.25) is 11.8 Å². The van der Waals surface area contributed by atoms with Gasteiger partial charge in [-0.25, -0.2) is 0 Å². The van der Waals surface area contributed by atoms with Crippen LogP contribution in [-0.2, 0) is 6.54 Å². The molecular formula is C17H17N3O2. The normalized spacial score (nSPS) is 10.5. The molecule has 2 aromatic carbocycles. The molecule has 0 aliphatic carbocycles. The number of nitrogens with one attached hydrogen (secondary N) is 2. The SMILES string of the molecule is Nc1ccccc1CNc1c(O)[nH]c(O)c1-c1ccccc1. The highest BCUT2D eigenvalue weighted by molar-refractivity contribution is 5.86. The molecule has 1 aromatic heterocycles. The predicted octanol–water partition coefficient (Wildman–Crippen LogP) is 3.29. The molecule has 0 aliphatic rings. The fourth-order valence-electron chi connectivity index (χ4n) is 2.41. The van der Waals surface area contributed by atoms with E-state index in [2.05, 4.69) is 10.3 Å².